The molecule has 2 atom stereocenters. The maximum atomic E-state index is 14.5. The first kappa shape index (κ1) is 18.2. The van der Waals surface area contributed by atoms with Crippen molar-refractivity contribution in [2.24, 2.45) is 5.92 Å². The van der Waals surface area contributed by atoms with Gasteiger partial charge in [-0.3, -0.25) is 4.90 Å². The first-order chi connectivity index (χ1) is 13.1. The Morgan fingerprint density at radius 3 is 2.78 bits per heavy atom. The number of hydrogen-bond acceptors (Lipinski definition) is 5. The summed E-state index contributed by atoms with van der Waals surface area (Å²) in [7, 11) is 3.24. The van der Waals surface area contributed by atoms with E-state index >= 15 is 0 Å². The number of nitrogens with one attached hydrogen (secondary N) is 1. The van der Waals surface area contributed by atoms with E-state index in [4.69, 9.17) is 14.3 Å². The van der Waals surface area contributed by atoms with E-state index in [1.165, 1.54) is 12.1 Å². The molecule has 0 spiro atoms. The summed E-state index contributed by atoms with van der Waals surface area (Å²) < 4.78 is 38.6. The van der Waals surface area contributed by atoms with Crippen molar-refractivity contribution in [3.8, 4) is 11.5 Å². The van der Waals surface area contributed by atoms with E-state index in [2.05, 4.69) is 10.4 Å². The fraction of sp³-hybridized carbons (Fsp3) is 0.400. The highest BCUT2D eigenvalue weighted by Gasteiger charge is 2.53. The smallest absolute Gasteiger partial charge is 0.131 e. The molecule has 0 aliphatic carbocycles. The van der Waals surface area contributed by atoms with Crippen LogP contribution >= 0.6 is 0 Å². The van der Waals surface area contributed by atoms with Crippen LogP contribution in [-0.2, 0) is 16.9 Å². The van der Waals surface area contributed by atoms with Crippen LogP contribution < -0.4 is 15.0 Å². The van der Waals surface area contributed by atoms with Crippen LogP contribution in [0.3, 0.4) is 0 Å². The molecule has 2 aromatic rings. The number of halogens is 2. The van der Waals surface area contributed by atoms with Gasteiger partial charge in [-0.05, 0) is 12.1 Å². The average molecular weight is 376 g/mol. The lowest BCUT2D eigenvalue weighted by Crippen LogP contribution is -2.43. The minimum atomic E-state index is -0.683. The van der Waals surface area contributed by atoms with Gasteiger partial charge in [0, 0.05) is 48.8 Å². The molecule has 0 bridgehead atoms. The third kappa shape index (κ3) is 3.16. The first-order valence-corrected chi connectivity index (χ1v) is 8.83. The summed E-state index contributed by atoms with van der Waals surface area (Å²) in [6.45, 7) is 2.41. The number of rotatable bonds is 5. The minimum Gasteiger partial charge on any atom is -0.497 e. The summed E-state index contributed by atoms with van der Waals surface area (Å²) in [4.78, 5) is 7.68. The molecule has 7 heteroatoms. The van der Waals surface area contributed by atoms with Gasteiger partial charge in [-0.25, -0.2) is 8.78 Å². The molecule has 0 unspecified atom stereocenters. The number of benzene rings is 2. The monoisotopic (exact) mass is 376 g/mol. The molecule has 0 aromatic heterocycles. The Labute approximate surface area is 156 Å². The highest BCUT2D eigenvalue weighted by atomic mass is 19.1. The summed E-state index contributed by atoms with van der Waals surface area (Å²) in [5.74, 6) is 0.413. The van der Waals surface area contributed by atoms with Gasteiger partial charge in [-0.15, -0.1) is 0 Å². The summed E-state index contributed by atoms with van der Waals surface area (Å²) >= 11 is 0. The molecule has 0 radical (unpaired) electrons. The van der Waals surface area contributed by atoms with Gasteiger partial charge in [0.05, 0.1) is 26.4 Å². The van der Waals surface area contributed by atoms with Crippen molar-refractivity contribution in [3.05, 3.63) is 59.2 Å². The quantitative estimate of drug-likeness (QED) is 0.869. The van der Waals surface area contributed by atoms with Crippen molar-refractivity contribution in [1.29, 1.82) is 0 Å². The van der Waals surface area contributed by atoms with E-state index in [0.717, 1.165) is 29.7 Å². The number of methoxy groups -OCH3 is 2. The SMILES string of the molecule is COc1ccc(CN2C[C@H]3CON[C@@]3(c3ccc(F)cc3F)C2)c(OC)c1. The zero-order chi connectivity index (χ0) is 19.0. The van der Waals surface area contributed by atoms with Crippen LogP contribution in [0, 0.1) is 17.6 Å². The molecule has 4 rings (SSSR count). The maximum Gasteiger partial charge on any atom is 0.131 e. The third-order valence-electron chi connectivity index (χ3n) is 5.49. The van der Waals surface area contributed by atoms with Gasteiger partial charge in [0.25, 0.3) is 0 Å². The highest BCUT2D eigenvalue weighted by Crippen LogP contribution is 2.42. The Kier molecular flexibility index (Phi) is 4.75. The molecule has 1 N–H and O–H groups in total. The fourth-order valence-corrected chi connectivity index (χ4v) is 4.15. The molecule has 27 heavy (non-hydrogen) atoms. The molecule has 2 aliphatic rings. The van der Waals surface area contributed by atoms with Gasteiger partial charge in [-0.1, -0.05) is 12.1 Å². The molecule has 2 heterocycles. The summed E-state index contributed by atoms with van der Waals surface area (Å²) in [6.07, 6.45) is 0. The number of likely N-dealkylation sites (tertiary alicyclic amines) is 1. The molecule has 5 nitrogen and oxygen atoms in total. The van der Waals surface area contributed by atoms with Crippen LogP contribution in [0.4, 0.5) is 8.78 Å². The Balaban J connectivity index is 1.60. The second-order valence-electron chi connectivity index (χ2n) is 7.05. The number of nitrogens with zero attached hydrogens (tertiary/aromatic N) is 1. The molecule has 2 saturated heterocycles. The number of fused-ring (bicyclic) bond motifs is 1. The van der Waals surface area contributed by atoms with Crippen molar-refractivity contribution >= 4 is 0 Å². The third-order valence-corrected chi connectivity index (χ3v) is 5.49. The van der Waals surface area contributed by atoms with Crippen molar-refractivity contribution in [2.45, 2.75) is 12.1 Å². The Hall–Kier alpha value is -2.22. The molecule has 2 fully saturated rings. The first-order valence-electron chi connectivity index (χ1n) is 8.83. The van der Waals surface area contributed by atoms with Gasteiger partial charge in [-0.2, -0.15) is 5.48 Å². The van der Waals surface area contributed by atoms with E-state index in [0.29, 0.717) is 25.3 Å². The lowest BCUT2D eigenvalue weighted by molar-refractivity contribution is 0.0457. The second kappa shape index (κ2) is 7.07. The largest absolute Gasteiger partial charge is 0.497 e. The normalized spacial score (nSPS) is 24.8. The van der Waals surface area contributed by atoms with Gasteiger partial charge in [0.2, 0.25) is 0 Å². The van der Waals surface area contributed by atoms with Crippen LogP contribution in [0.15, 0.2) is 36.4 Å². The predicted molar refractivity (Wildman–Crippen MR) is 95.4 cm³/mol. The van der Waals surface area contributed by atoms with Crippen LogP contribution in [0.1, 0.15) is 11.1 Å². The van der Waals surface area contributed by atoms with Crippen molar-refractivity contribution in [2.75, 3.05) is 33.9 Å². The Morgan fingerprint density at radius 2 is 2.04 bits per heavy atom. The summed E-state index contributed by atoms with van der Waals surface area (Å²) in [6, 6.07) is 9.45. The number of hydrogen-bond donors (Lipinski definition) is 1. The molecular weight excluding hydrogens is 354 g/mol. The second-order valence-corrected chi connectivity index (χ2v) is 7.05. The minimum absolute atomic E-state index is 0.0710. The molecular formula is C20H22F2N2O3. The zero-order valence-corrected chi connectivity index (χ0v) is 15.3. The molecule has 2 aromatic carbocycles. The van der Waals surface area contributed by atoms with Gasteiger partial charge in [0.15, 0.2) is 0 Å². The van der Waals surface area contributed by atoms with E-state index in [9.17, 15) is 8.78 Å². The van der Waals surface area contributed by atoms with Gasteiger partial charge in [0.1, 0.15) is 23.1 Å². The van der Waals surface area contributed by atoms with Crippen LogP contribution in [0.2, 0.25) is 0 Å². The van der Waals surface area contributed by atoms with Crippen molar-refractivity contribution < 1.29 is 23.1 Å². The van der Waals surface area contributed by atoms with E-state index in [1.807, 2.05) is 18.2 Å². The van der Waals surface area contributed by atoms with Crippen LogP contribution in [-0.4, -0.2) is 38.8 Å². The Bertz CT molecular complexity index is 848. The predicted octanol–water partition coefficient (Wildman–Crippen LogP) is 2.84. The van der Waals surface area contributed by atoms with E-state index < -0.39 is 17.2 Å². The van der Waals surface area contributed by atoms with Gasteiger partial charge >= 0.3 is 0 Å². The zero-order valence-electron chi connectivity index (χ0n) is 15.3. The standard InChI is InChI=1S/C20H22F2N2O3/c1-25-16-5-3-13(19(8-16)26-2)9-24-10-14-11-27-23-20(14,12-24)17-6-4-15(21)7-18(17)22/h3-8,14,23H,9-12H2,1-2H3/t14-,20-/m0/s1. The lowest BCUT2D eigenvalue weighted by atomic mass is 9.82. The van der Waals surface area contributed by atoms with Gasteiger partial charge < -0.3 is 14.3 Å². The fourth-order valence-electron chi connectivity index (χ4n) is 4.15. The molecule has 144 valence electrons. The molecule has 0 saturated carbocycles. The molecule has 2 aliphatic heterocycles. The lowest BCUT2D eigenvalue weighted by Gasteiger charge is -2.29. The Morgan fingerprint density at radius 1 is 1.19 bits per heavy atom. The molecule has 0 amide bonds. The number of ether oxygens (including phenoxy) is 2. The van der Waals surface area contributed by atoms with Crippen LogP contribution in [0.5, 0.6) is 11.5 Å². The number of hydroxylamine groups is 1. The maximum absolute atomic E-state index is 14.5. The van der Waals surface area contributed by atoms with E-state index in [-0.39, 0.29) is 5.92 Å². The highest BCUT2D eigenvalue weighted by molar-refractivity contribution is 5.41. The van der Waals surface area contributed by atoms with Crippen molar-refractivity contribution in [1.82, 2.24) is 10.4 Å². The topological polar surface area (TPSA) is 43.0 Å². The summed E-state index contributed by atoms with van der Waals surface area (Å²) in [5.41, 5.74) is 3.80. The average Bonchev–Trinajstić information content (AvgIpc) is 3.19. The van der Waals surface area contributed by atoms with Crippen molar-refractivity contribution in [3.63, 3.8) is 0 Å². The van der Waals surface area contributed by atoms with E-state index in [1.54, 1.807) is 14.2 Å². The van der Waals surface area contributed by atoms with Crippen LogP contribution in [0.25, 0.3) is 0 Å². The summed E-state index contributed by atoms with van der Waals surface area (Å²) in [5, 5.41) is 0.